The van der Waals surface area contributed by atoms with E-state index in [0.717, 1.165) is 12.8 Å². The lowest BCUT2D eigenvalue weighted by Crippen LogP contribution is -2.50. The Morgan fingerprint density at radius 3 is 2.10 bits per heavy atom. The van der Waals surface area contributed by atoms with Crippen LogP contribution in [0.1, 0.15) is 28.8 Å². The predicted molar refractivity (Wildman–Crippen MR) is 115 cm³/mol. The van der Waals surface area contributed by atoms with E-state index in [1.54, 1.807) is 4.90 Å². The Balaban J connectivity index is 1.47. The zero-order chi connectivity index (χ0) is 21.6. The first-order valence-electron chi connectivity index (χ1n) is 10.1. The number of sulfonamides is 1. The minimum atomic E-state index is -3.53. The van der Waals surface area contributed by atoms with E-state index in [-0.39, 0.29) is 16.7 Å². The smallest absolute Gasteiger partial charge is 0.253 e. The van der Waals surface area contributed by atoms with E-state index in [0.29, 0.717) is 38.2 Å². The number of amides is 2. The van der Waals surface area contributed by atoms with E-state index in [9.17, 15) is 18.0 Å². The van der Waals surface area contributed by atoms with Gasteiger partial charge in [-0.2, -0.15) is 0 Å². The van der Waals surface area contributed by atoms with Gasteiger partial charge in [0, 0.05) is 38.2 Å². The number of benzene rings is 2. The zero-order valence-corrected chi connectivity index (χ0v) is 17.9. The molecule has 2 aromatic rings. The fraction of sp³-hybridized carbons (Fsp3) is 0.364. The number of nitrogens with one attached hydrogen (secondary N) is 1. The van der Waals surface area contributed by atoms with Gasteiger partial charge in [0.15, 0.2) is 0 Å². The van der Waals surface area contributed by atoms with Crippen LogP contribution < -0.4 is 4.72 Å². The van der Waals surface area contributed by atoms with E-state index in [4.69, 9.17) is 0 Å². The Hall–Kier alpha value is -2.71. The molecule has 0 bridgehead atoms. The Bertz CT molecular complexity index is 967. The van der Waals surface area contributed by atoms with Crippen LogP contribution in [0.5, 0.6) is 0 Å². The highest BCUT2D eigenvalue weighted by Gasteiger charge is 2.25. The SMILES string of the molecule is CNS(=O)(=O)c1ccc(C(=O)N2CCN(C(=O)CCCc3ccccc3)CC2)cc1. The van der Waals surface area contributed by atoms with Crippen molar-refractivity contribution in [3.05, 3.63) is 65.7 Å². The summed E-state index contributed by atoms with van der Waals surface area (Å²) in [5.41, 5.74) is 1.67. The van der Waals surface area contributed by atoms with Crippen molar-refractivity contribution in [2.75, 3.05) is 33.2 Å². The topological polar surface area (TPSA) is 86.8 Å². The lowest BCUT2D eigenvalue weighted by atomic mass is 10.1. The number of carbonyl (C=O) groups is 2. The summed E-state index contributed by atoms with van der Waals surface area (Å²) in [6.07, 6.45) is 2.19. The molecule has 1 fully saturated rings. The van der Waals surface area contributed by atoms with Crippen LogP contribution in [0, 0.1) is 0 Å². The van der Waals surface area contributed by atoms with Crippen LogP contribution >= 0.6 is 0 Å². The molecule has 0 unspecified atom stereocenters. The number of hydrogen-bond donors (Lipinski definition) is 1. The van der Waals surface area contributed by atoms with Crippen LogP contribution in [-0.2, 0) is 21.2 Å². The van der Waals surface area contributed by atoms with Gasteiger partial charge in [-0.1, -0.05) is 30.3 Å². The largest absolute Gasteiger partial charge is 0.339 e. The van der Waals surface area contributed by atoms with Crippen molar-refractivity contribution in [3.63, 3.8) is 0 Å². The Kier molecular flexibility index (Phi) is 7.23. The van der Waals surface area contributed by atoms with Gasteiger partial charge in [0.1, 0.15) is 0 Å². The third-order valence-corrected chi connectivity index (χ3v) is 6.73. The molecule has 0 aromatic heterocycles. The summed E-state index contributed by atoms with van der Waals surface area (Å²) >= 11 is 0. The molecular weight excluding hydrogens is 402 g/mol. The average Bonchev–Trinajstić information content (AvgIpc) is 2.79. The maximum Gasteiger partial charge on any atom is 0.253 e. The fourth-order valence-corrected chi connectivity index (χ4v) is 4.21. The van der Waals surface area contributed by atoms with Gasteiger partial charge in [0.2, 0.25) is 15.9 Å². The fourth-order valence-electron chi connectivity index (χ4n) is 3.48. The van der Waals surface area contributed by atoms with E-state index < -0.39 is 10.0 Å². The van der Waals surface area contributed by atoms with Crippen LogP contribution in [0.3, 0.4) is 0 Å². The molecule has 2 amide bonds. The molecule has 30 heavy (non-hydrogen) atoms. The summed E-state index contributed by atoms with van der Waals surface area (Å²) in [4.78, 5) is 28.8. The molecule has 0 saturated carbocycles. The summed E-state index contributed by atoms with van der Waals surface area (Å²) in [5, 5.41) is 0. The first-order chi connectivity index (χ1) is 14.4. The van der Waals surface area contributed by atoms with Gasteiger partial charge >= 0.3 is 0 Å². The number of hydrogen-bond acceptors (Lipinski definition) is 4. The molecule has 0 spiro atoms. The first-order valence-corrected chi connectivity index (χ1v) is 11.5. The van der Waals surface area contributed by atoms with Gasteiger partial charge in [0.05, 0.1) is 4.90 Å². The summed E-state index contributed by atoms with van der Waals surface area (Å²) in [6, 6.07) is 16.0. The molecule has 1 heterocycles. The lowest BCUT2D eigenvalue weighted by molar-refractivity contribution is -0.132. The van der Waals surface area contributed by atoms with Gasteiger partial charge in [-0.15, -0.1) is 0 Å². The second kappa shape index (κ2) is 9.86. The molecule has 0 radical (unpaired) electrons. The molecule has 1 aliphatic heterocycles. The maximum atomic E-state index is 12.7. The van der Waals surface area contributed by atoms with E-state index in [2.05, 4.69) is 16.9 Å². The molecule has 160 valence electrons. The van der Waals surface area contributed by atoms with Gasteiger partial charge in [-0.05, 0) is 49.7 Å². The van der Waals surface area contributed by atoms with Crippen molar-refractivity contribution in [2.45, 2.75) is 24.2 Å². The van der Waals surface area contributed by atoms with Crippen molar-refractivity contribution >= 4 is 21.8 Å². The molecule has 3 rings (SSSR count). The highest BCUT2D eigenvalue weighted by molar-refractivity contribution is 7.89. The second-order valence-electron chi connectivity index (χ2n) is 7.24. The number of rotatable bonds is 7. The van der Waals surface area contributed by atoms with E-state index in [1.165, 1.54) is 36.9 Å². The highest BCUT2D eigenvalue weighted by atomic mass is 32.2. The molecule has 0 aliphatic carbocycles. The van der Waals surface area contributed by atoms with Gasteiger partial charge in [-0.3, -0.25) is 9.59 Å². The van der Waals surface area contributed by atoms with Crippen molar-refractivity contribution in [2.24, 2.45) is 0 Å². The summed E-state index contributed by atoms with van der Waals surface area (Å²) < 4.78 is 25.8. The van der Waals surface area contributed by atoms with Crippen LogP contribution in [-0.4, -0.2) is 63.3 Å². The first kappa shape index (κ1) is 22.0. The standard InChI is InChI=1S/C22H27N3O4S/c1-23-30(28,29)20-12-10-19(11-13-20)22(27)25-16-14-24(15-17-25)21(26)9-5-8-18-6-3-2-4-7-18/h2-4,6-7,10-13,23H,5,8-9,14-17H2,1H3. The number of nitrogens with zero attached hydrogens (tertiary/aromatic N) is 2. The van der Waals surface area contributed by atoms with Crippen LogP contribution in [0.4, 0.5) is 0 Å². The molecule has 0 atom stereocenters. The number of carbonyl (C=O) groups excluding carboxylic acids is 2. The van der Waals surface area contributed by atoms with Gasteiger partial charge in [0.25, 0.3) is 5.91 Å². The van der Waals surface area contributed by atoms with Crippen molar-refractivity contribution in [1.82, 2.24) is 14.5 Å². The Morgan fingerprint density at radius 2 is 1.50 bits per heavy atom. The van der Waals surface area contributed by atoms with E-state index in [1.807, 2.05) is 23.1 Å². The number of piperazine rings is 1. The van der Waals surface area contributed by atoms with Crippen molar-refractivity contribution < 1.29 is 18.0 Å². The summed E-state index contributed by atoms with van der Waals surface area (Å²) in [6.45, 7) is 1.98. The molecule has 1 aliphatic rings. The molecule has 7 nitrogen and oxygen atoms in total. The van der Waals surface area contributed by atoms with Crippen LogP contribution in [0.25, 0.3) is 0 Å². The van der Waals surface area contributed by atoms with Gasteiger partial charge < -0.3 is 9.80 Å². The highest BCUT2D eigenvalue weighted by Crippen LogP contribution is 2.14. The van der Waals surface area contributed by atoms with E-state index >= 15 is 0 Å². The van der Waals surface area contributed by atoms with Crippen molar-refractivity contribution in [3.8, 4) is 0 Å². The zero-order valence-electron chi connectivity index (χ0n) is 17.1. The maximum absolute atomic E-state index is 12.7. The monoisotopic (exact) mass is 429 g/mol. The molecule has 8 heteroatoms. The van der Waals surface area contributed by atoms with Crippen LogP contribution in [0.15, 0.2) is 59.5 Å². The molecule has 2 aromatic carbocycles. The third-order valence-electron chi connectivity index (χ3n) is 5.30. The van der Waals surface area contributed by atoms with Crippen molar-refractivity contribution in [1.29, 1.82) is 0 Å². The second-order valence-corrected chi connectivity index (χ2v) is 9.13. The minimum Gasteiger partial charge on any atom is -0.339 e. The predicted octanol–water partition coefficient (Wildman–Crippen LogP) is 1.90. The minimum absolute atomic E-state index is 0.118. The van der Waals surface area contributed by atoms with Gasteiger partial charge in [-0.25, -0.2) is 13.1 Å². The molecule has 1 saturated heterocycles. The third kappa shape index (κ3) is 5.46. The number of aryl methyl sites for hydroxylation is 1. The van der Waals surface area contributed by atoms with Crippen LogP contribution in [0.2, 0.25) is 0 Å². The Morgan fingerprint density at radius 1 is 0.900 bits per heavy atom. The molecule has 1 N–H and O–H groups in total. The quantitative estimate of drug-likeness (QED) is 0.728. The molecular formula is C22H27N3O4S. The summed E-state index contributed by atoms with van der Waals surface area (Å²) in [7, 11) is -2.18. The normalized spacial score (nSPS) is 14.6. The summed E-state index contributed by atoms with van der Waals surface area (Å²) in [5.74, 6) is -0.0285. The Labute approximate surface area is 177 Å². The lowest BCUT2D eigenvalue weighted by Gasteiger charge is -2.35. The average molecular weight is 430 g/mol.